The van der Waals surface area contributed by atoms with E-state index in [1.54, 1.807) is 0 Å². The predicted molar refractivity (Wildman–Crippen MR) is 287 cm³/mol. The Labute approximate surface area is 429 Å². The van der Waals surface area contributed by atoms with Gasteiger partial charge in [-0.1, -0.05) is 60.7 Å². The third-order valence-electron chi connectivity index (χ3n) is 13.0. The van der Waals surface area contributed by atoms with Crippen molar-refractivity contribution in [3.8, 4) is 45.3 Å². The van der Waals surface area contributed by atoms with Crippen LogP contribution in [0.5, 0.6) is 11.6 Å². The van der Waals surface area contributed by atoms with E-state index in [0.29, 0.717) is 22.9 Å². The fraction of sp³-hybridized carbons (Fsp3) is 0.129. The Balaban J connectivity index is 1.06. The van der Waals surface area contributed by atoms with Crippen molar-refractivity contribution in [1.29, 1.82) is 0 Å². The number of benzene rings is 8. The third-order valence-corrected chi connectivity index (χ3v) is 14.0. The van der Waals surface area contributed by atoms with Gasteiger partial charge < -0.3 is 0 Å². The van der Waals surface area contributed by atoms with E-state index >= 15 is 0 Å². The Morgan fingerprint density at radius 2 is 1.07 bits per heavy atom. The molecule has 11 rings (SSSR count). The van der Waals surface area contributed by atoms with Crippen molar-refractivity contribution in [2.75, 3.05) is 9.62 Å². The molecule has 0 unspecified atom stereocenters. The van der Waals surface area contributed by atoms with Crippen LogP contribution in [-0.2, 0) is 30.2 Å². The second-order valence-corrected chi connectivity index (χ2v) is 20.7. The van der Waals surface area contributed by atoms with Crippen molar-refractivity contribution in [3.05, 3.63) is 233 Å². The van der Waals surface area contributed by atoms with Crippen molar-refractivity contribution >= 4 is 46.4 Å². The first-order valence-corrected chi connectivity index (χ1v) is 24.7. The summed E-state index contributed by atoms with van der Waals surface area (Å²) in [6, 6.07) is 62.3. The van der Waals surface area contributed by atoms with Crippen LogP contribution in [0.3, 0.4) is 0 Å². The SMILES string of the molecule is [2H]c1c([2H])c([2H])c(-c2cccc(-c3cc(C(C)(C)C)cc(C(C)(C)C)c3)c2-n2[c](=[Pt])n(-c3cccc(Oc4cccc(N5B(c6ccccc6)N(c6ccccc6)c6ccccc65)n4)c3)c3ccccc32)c([2H])c1[2H]. The summed E-state index contributed by atoms with van der Waals surface area (Å²) in [7, 11) is 0. The average molecular weight is 1100 g/mol. The molecule has 0 aliphatic carbocycles. The van der Waals surface area contributed by atoms with Crippen LogP contribution >= 0.6 is 0 Å². The van der Waals surface area contributed by atoms with E-state index in [9.17, 15) is 2.74 Å². The molecule has 70 heavy (non-hydrogen) atoms. The molecule has 346 valence electrons. The van der Waals surface area contributed by atoms with Gasteiger partial charge in [-0.05, 0) is 18.2 Å². The van der Waals surface area contributed by atoms with Crippen molar-refractivity contribution in [2.45, 2.75) is 52.4 Å². The molecule has 0 radical (unpaired) electrons. The van der Waals surface area contributed by atoms with Gasteiger partial charge in [0.25, 0.3) is 0 Å². The van der Waals surface area contributed by atoms with E-state index in [1.165, 1.54) is 11.1 Å². The molecular formula is C62H54BN5OPt. The molecule has 0 saturated heterocycles. The molecule has 1 aliphatic rings. The molecule has 8 heteroatoms. The van der Waals surface area contributed by atoms with Crippen molar-refractivity contribution in [1.82, 2.24) is 14.1 Å². The number of anilines is 4. The van der Waals surface area contributed by atoms with E-state index in [0.717, 1.165) is 60.0 Å². The van der Waals surface area contributed by atoms with Gasteiger partial charge in [-0.3, -0.25) is 0 Å². The Morgan fingerprint density at radius 3 is 1.74 bits per heavy atom. The van der Waals surface area contributed by atoms with Crippen molar-refractivity contribution in [2.24, 2.45) is 0 Å². The first kappa shape index (κ1) is 39.4. The second kappa shape index (κ2) is 18.1. The Hall–Kier alpha value is -7.47. The Bertz CT molecular complexity index is 3850. The second-order valence-electron chi connectivity index (χ2n) is 19.7. The number of pyridine rings is 1. The molecule has 3 heterocycles. The zero-order chi connectivity index (χ0) is 52.5. The summed E-state index contributed by atoms with van der Waals surface area (Å²) in [5.74, 6) is 1.74. The van der Waals surface area contributed by atoms with Crippen LogP contribution in [0.4, 0.5) is 22.9 Å². The zero-order valence-corrected chi connectivity index (χ0v) is 42.2. The van der Waals surface area contributed by atoms with E-state index in [1.807, 2.05) is 78.9 Å². The van der Waals surface area contributed by atoms with Crippen LogP contribution < -0.4 is 19.8 Å². The molecule has 6 nitrogen and oxygen atoms in total. The zero-order valence-electron chi connectivity index (χ0n) is 44.9. The summed E-state index contributed by atoms with van der Waals surface area (Å²) in [5.41, 5.74) is 12.0. The normalized spacial score (nSPS) is 13.7. The predicted octanol–water partition coefficient (Wildman–Crippen LogP) is 15.3. The number of rotatable bonds is 9. The average Bonchev–Trinajstić information content (AvgIpc) is 3.98. The number of para-hydroxylation sites is 6. The van der Waals surface area contributed by atoms with Gasteiger partial charge in [0, 0.05) is 5.69 Å². The first-order chi connectivity index (χ1) is 36.0. The van der Waals surface area contributed by atoms with Gasteiger partial charge in [0.1, 0.15) is 0 Å². The molecule has 8 aromatic carbocycles. The number of nitrogens with zero attached hydrogens (tertiary/aromatic N) is 5. The molecular weight excluding hydrogens is 1040 g/mol. The molecule has 0 bridgehead atoms. The van der Waals surface area contributed by atoms with Gasteiger partial charge >= 0.3 is 347 Å². The van der Waals surface area contributed by atoms with Crippen LogP contribution in [0.25, 0.3) is 44.7 Å². The van der Waals surface area contributed by atoms with Crippen LogP contribution in [-0.4, -0.2) is 21.1 Å². The molecule has 2 aromatic heterocycles. The third kappa shape index (κ3) is 8.32. The molecule has 0 saturated carbocycles. The van der Waals surface area contributed by atoms with Gasteiger partial charge in [0.15, 0.2) is 0 Å². The number of fused-ring (bicyclic) bond motifs is 2. The summed E-state index contributed by atoms with van der Waals surface area (Å²) in [6.45, 7) is 13.1. The molecule has 0 amide bonds. The van der Waals surface area contributed by atoms with Gasteiger partial charge in [-0.2, -0.15) is 0 Å². The van der Waals surface area contributed by atoms with Crippen LogP contribution in [0, 0.1) is 3.80 Å². The van der Waals surface area contributed by atoms with Crippen molar-refractivity contribution < 1.29 is 30.9 Å². The van der Waals surface area contributed by atoms with Gasteiger partial charge in [0.05, 0.1) is 0 Å². The molecule has 0 N–H and O–H groups in total. The quantitative estimate of drug-likeness (QED) is 0.135. The molecule has 0 atom stereocenters. The maximum absolute atomic E-state index is 9.29. The number of hydrogen-bond acceptors (Lipinski definition) is 4. The molecule has 10 aromatic rings. The summed E-state index contributed by atoms with van der Waals surface area (Å²) < 4.78 is 56.5. The van der Waals surface area contributed by atoms with Crippen LogP contribution in [0.15, 0.2) is 218 Å². The van der Waals surface area contributed by atoms with Crippen molar-refractivity contribution in [3.63, 3.8) is 0 Å². The summed E-state index contributed by atoms with van der Waals surface area (Å²) >= 11 is 2.36. The molecule has 0 spiro atoms. The fourth-order valence-corrected chi connectivity index (χ4v) is 10.6. The monoisotopic (exact) mass is 1100 g/mol. The van der Waals surface area contributed by atoms with E-state index in [-0.39, 0.29) is 47.5 Å². The molecule has 0 fully saturated rings. The van der Waals surface area contributed by atoms with Gasteiger partial charge in [-0.15, -0.1) is 0 Å². The van der Waals surface area contributed by atoms with E-state index in [2.05, 4.69) is 189 Å². The van der Waals surface area contributed by atoms with Crippen LogP contribution in [0.1, 0.15) is 59.5 Å². The van der Waals surface area contributed by atoms with E-state index < -0.39 is 6.04 Å². The summed E-state index contributed by atoms with van der Waals surface area (Å²) in [4.78, 5) is 9.84. The van der Waals surface area contributed by atoms with E-state index in [4.69, 9.17) is 13.8 Å². The fourth-order valence-electron chi connectivity index (χ4n) is 9.52. The first-order valence-electron chi connectivity index (χ1n) is 26.1. The van der Waals surface area contributed by atoms with Crippen LogP contribution in [0.2, 0.25) is 0 Å². The minimum atomic E-state index is -0.436. The maximum atomic E-state index is 9.29. The number of hydrogen-bond donors (Lipinski definition) is 0. The number of ether oxygens (including phenoxy) is 1. The number of imidazole rings is 1. The Morgan fingerprint density at radius 1 is 0.514 bits per heavy atom. The number of aromatic nitrogens is 3. The van der Waals surface area contributed by atoms with Gasteiger partial charge in [0.2, 0.25) is 0 Å². The summed E-state index contributed by atoms with van der Waals surface area (Å²) in [6.07, 6.45) is 0. The Kier molecular flexibility index (Phi) is 10.2. The standard InChI is InChI=1S/C62H54BN5O.Pt/c1-61(2,3)46-39-45(40-47(41-46)62(4,5)6)53-32-21-31-52(44-23-10-7-11-24-44)60(53)66-43-65(54-33-16-17-34-55(54)66)50-29-20-30-51(42-50)69-59-38-22-37-58(64-59)68-57-36-19-18-35-56(57)67(49-27-14-9-15-28-49)63(68)48-25-12-8-13-26-48;/h7-42H,1-6H3;/i7D,10D,11D,23D,24D;. The topological polar surface area (TPSA) is 38.5 Å². The molecule has 1 aliphatic heterocycles. The summed E-state index contributed by atoms with van der Waals surface area (Å²) in [5, 5.41) is 0. The minimum absolute atomic E-state index is 0.131. The van der Waals surface area contributed by atoms with Gasteiger partial charge in [-0.25, -0.2) is 0 Å².